The van der Waals surface area contributed by atoms with Gasteiger partial charge in [-0.2, -0.15) is 5.10 Å². The number of nitrogens with two attached hydrogens (primary N) is 1. The maximum atomic E-state index is 14.1. The Bertz CT molecular complexity index is 1250. The highest BCUT2D eigenvalue weighted by atomic mass is 32.2. The summed E-state index contributed by atoms with van der Waals surface area (Å²) in [5, 5.41) is 20.1. The van der Waals surface area contributed by atoms with Crippen molar-refractivity contribution in [2.75, 3.05) is 5.75 Å². The van der Waals surface area contributed by atoms with E-state index in [0.29, 0.717) is 11.4 Å². The molecule has 3 aromatic rings. The summed E-state index contributed by atoms with van der Waals surface area (Å²) in [5.41, 5.74) is -1.21. The van der Waals surface area contributed by atoms with Crippen LogP contribution >= 0.6 is 0 Å². The first-order valence-electron chi connectivity index (χ1n) is 9.56. The van der Waals surface area contributed by atoms with E-state index in [2.05, 4.69) is 14.8 Å². The molecule has 3 N–H and O–H groups in total. The molecule has 1 unspecified atom stereocenters. The number of sulfonamides is 1. The standard InChI is InChI=1S/C20H20F4N4O4S/c1-2-19(29,12-33(25,30)31)18-5-3-4-16(26-18)17-8-9-28(27-17)11-13-10-14(6-7-15(13)21)32-20(22,23)24/h3-10,29H,2,11-12H2,1H3,(H2,25,30,31). The lowest BCUT2D eigenvalue weighted by Crippen LogP contribution is -2.37. The van der Waals surface area contributed by atoms with Gasteiger partial charge in [0.25, 0.3) is 0 Å². The van der Waals surface area contributed by atoms with Crippen molar-refractivity contribution in [1.29, 1.82) is 0 Å². The second-order valence-electron chi connectivity index (χ2n) is 7.30. The summed E-state index contributed by atoms with van der Waals surface area (Å²) in [6.07, 6.45) is -3.41. The average molecular weight is 488 g/mol. The normalized spacial score (nSPS) is 14.2. The fourth-order valence-electron chi connectivity index (χ4n) is 3.16. The van der Waals surface area contributed by atoms with E-state index in [0.717, 1.165) is 18.2 Å². The quantitative estimate of drug-likeness (QED) is 0.471. The molecule has 3 rings (SSSR count). The molecule has 0 aliphatic rings. The van der Waals surface area contributed by atoms with Crippen molar-refractivity contribution < 1.29 is 35.8 Å². The van der Waals surface area contributed by atoms with Gasteiger partial charge in [-0.1, -0.05) is 13.0 Å². The van der Waals surface area contributed by atoms with E-state index in [9.17, 15) is 31.1 Å². The van der Waals surface area contributed by atoms with Crippen LogP contribution in [-0.4, -0.2) is 40.4 Å². The number of ether oxygens (including phenoxy) is 1. The molecular weight excluding hydrogens is 468 g/mol. The molecule has 0 bridgehead atoms. The third-order valence-electron chi connectivity index (χ3n) is 4.74. The summed E-state index contributed by atoms with van der Waals surface area (Å²) in [5.74, 6) is -2.02. The van der Waals surface area contributed by atoms with E-state index in [1.54, 1.807) is 19.1 Å². The highest BCUT2D eigenvalue weighted by molar-refractivity contribution is 7.89. The third-order valence-corrected chi connectivity index (χ3v) is 5.62. The van der Waals surface area contributed by atoms with Crippen LogP contribution in [0.2, 0.25) is 0 Å². The first-order valence-corrected chi connectivity index (χ1v) is 11.3. The highest BCUT2D eigenvalue weighted by Gasteiger charge is 2.34. The van der Waals surface area contributed by atoms with Gasteiger partial charge in [0.05, 0.1) is 23.7 Å². The van der Waals surface area contributed by atoms with Crippen molar-refractivity contribution in [3.8, 4) is 17.1 Å². The molecule has 0 saturated heterocycles. The molecule has 0 spiro atoms. The second-order valence-corrected chi connectivity index (χ2v) is 8.91. The number of rotatable bonds is 8. The Morgan fingerprint density at radius 3 is 2.52 bits per heavy atom. The van der Waals surface area contributed by atoms with E-state index in [4.69, 9.17) is 5.14 Å². The summed E-state index contributed by atoms with van der Waals surface area (Å²) < 4.78 is 79.5. The maximum absolute atomic E-state index is 14.1. The van der Waals surface area contributed by atoms with Gasteiger partial charge in [-0.25, -0.2) is 22.9 Å². The fraction of sp³-hybridized carbons (Fsp3) is 0.300. The van der Waals surface area contributed by atoms with Gasteiger partial charge >= 0.3 is 6.36 Å². The molecule has 2 aromatic heterocycles. The Hall–Kier alpha value is -3.03. The number of halogens is 4. The Kier molecular flexibility index (Phi) is 6.77. The molecule has 0 amide bonds. The molecule has 0 saturated carbocycles. The summed E-state index contributed by atoms with van der Waals surface area (Å²) in [6, 6.07) is 8.77. The van der Waals surface area contributed by atoms with E-state index in [1.807, 2.05) is 0 Å². The number of nitrogens with zero attached hydrogens (tertiary/aromatic N) is 3. The van der Waals surface area contributed by atoms with Gasteiger partial charge < -0.3 is 9.84 Å². The SMILES string of the molecule is CCC(O)(CS(N)(=O)=O)c1cccc(-c2ccn(Cc3cc(OC(F)(F)F)ccc3F)n2)n1. The monoisotopic (exact) mass is 488 g/mol. The van der Waals surface area contributed by atoms with Crippen LogP contribution in [0.3, 0.4) is 0 Å². The summed E-state index contributed by atoms with van der Waals surface area (Å²) >= 11 is 0. The van der Waals surface area contributed by atoms with Gasteiger partial charge in [0, 0.05) is 11.8 Å². The zero-order chi connectivity index (χ0) is 24.4. The van der Waals surface area contributed by atoms with E-state index < -0.39 is 39.3 Å². The molecule has 1 aromatic carbocycles. The number of aromatic nitrogens is 3. The minimum atomic E-state index is -4.91. The number of aliphatic hydroxyl groups is 1. The van der Waals surface area contributed by atoms with E-state index >= 15 is 0 Å². The van der Waals surface area contributed by atoms with Gasteiger partial charge in [-0.3, -0.25) is 4.68 Å². The summed E-state index contributed by atoms with van der Waals surface area (Å²) in [6.45, 7) is 1.39. The molecular formula is C20H20F4N4O4S. The van der Waals surface area contributed by atoms with Crippen LogP contribution in [0.15, 0.2) is 48.7 Å². The molecule has 8 nitrogen and oxygen atoms in total. The van der Waals surface area contributed by atoms with Crippen molar-refractivity contribution in [3.63, 3.8) is 0 Å². The summed E-state index contributed by atoms with van der Waals surface area (Å²) in [4.78, 5) is 4.30. The van der Waals surface area contributed by atoms with Crippen molar-refractivity contribution >= 4 is 10.0 Å². The predicted molar refractivity (Wildman–Crippen MR) is 110 cm³/mol. The molecule has 2 heterocycles. The Labute approximate surface area is 186 Å². The van der Waals surface area contributed by atoms with Crippen LogP contribution in [0.4, 0.5) is 17.6 Å². The van der Waals surface area contributed by atoms with Gasteiger partial charge in [-0.15, -0.1) is 13.2 Å². The van der Waals surface area contributed by atoms with Crippen LogP contribution < -0.4 is 9.88 Å². The lowest BCUT2D eigenvalue weighted by atomic mass is 9.98. The molecule has 1 atom stereocenters. The van der Waals surface area contributed by atoms with Crippen LogP contribution in [0.5, 0.6) is 5.75 Å². The van der Waals surface area contributed by atoms with Crippen LogP contribution in [-0.2, 0) is 22.2 Å². The van der Waals surface area contributed by atoms with Crippen molar-refractivity contribution in [2.45, 2.75) is 31.9 Å². The lowest BCUT2D eigenvalue weighted by molar-refractivity contribution is -0.274. The first kappa shape index (κ1) is 24.6. The van der Waals surface area contributed by atoms with E-state index in [-0.39, 0.29) is 24.2 Å². The zero-order valence-electron chi connectivity index (χ0n) is 17.3. The number of hydrogen-bond acceptors (Lipinski definition) is 6. The molecule has 0 aliphatic heterocycles. The van der Waals surface area contributed by atoms with Crippen LogP contribution in [0.1, 0.15) is 24.6 Å². The third kappa shape index (κ3) is 6.49. The second kappa shape index (κ2) is 9.08. The Balaban J connectivity index is 1.86. The van der Waals surface area contributed by atoms with Gasteiger partial charge in [0.2, 0.25) is 10.0 Å². The largest absolute Gasteiger partial charge is 0.573 e. The van der Waals surface area contributed by atoms with E-state index in [1.165, 1.54) is 23.0 Å². The molecule has 0 aliphatic carbocycles. The first-order chi connectivity index (χ1) is 15.3. The van der Waals surface area contributed by atoms with Crippen molar-refractivity contribution in [2.24, 2.45) is 5.14 Å². The molecule has 178 valence electrons. The zero-order valence-corrected chi connectivity index (χ0v) is 18.1. The summed E-state index contributed by atoms with van der Waals surface area (Å²) in [7, 11) is -4.00. The molecule has 33 heavy (non-hydrogen) atoms. The number of alkyl halides is 3. The smallest absolute Gasteiger partial charge is 0.406 e. The van der Waals surface area contributed by atoms with Crippen molar-refractivity contribution in [3.05, 3.63) is 65.7 Å². The topological polar surface area (TPSA) is 120 Å². The van der Waals surface area contributed by atoms with Gasteiger partial charge in [-0.05, 0) is 42.8 Å². The number of primary sulfonamides is 1. The lowest BCUT2D eigenvalue weighted by Gasteiger charge is -2.25. The van der Waals surface area contributed by atoms with Gasteiger partial charge in [0.1, 0.15) is 22.9 Å². The van der Waals surface area contributed by atoms with Crippen LogP contribution in [0, 0.1) is 5.82 Å². The fourth-order valence-corrected chi connectivity index (χ4v) is 4.17. The molecule has 13 heteroatoms. The predicted octanol–water partition coefficient (Wildman–Crippen LogP) is 2.92. The molecule has 0 radical (unpaired) electrons. The number of benzene rings is 1. The van der Waals surface area contributed by atoms with Gasteiger partial charge in [0.15, 0.2) is 0 Å². The number of hydrogen-bond donors (Lipinski definition) is 2. The number of pyridine rings is 1. The minimum Gasteiger partial charge on any atom is -0.406 e. The van der Waals surface area contributed by atoms with Crippen molar-refractivity contribution in [1.82, 2.24) is 14.8 Å². The molecule has 0 fully saturated rings. The van der Waals surface area contributed by atoms with Crippen LogP contribution in [0.25, 0.3) is 11.4 Å². The Morgan fingerprint density at radius 2 is 1.88 bits per heavy atom. The average Bonchev–Trinajstić information content (AvgIpc) is 3.17. The Morgan fingerprint density at radius 1 is 1.15 bits per heavy atom. The minimum absolute atomic E-state index is 0.0317. The maximum Gasteiger partial charge on any atom is 0.573 e. The highest BCUT2D eigenvalue weighted by Crippen LogP contribution is 2.28.